The molecule has 1 saturated heterocycles. The minimum atomic E-state index is -0.390. The van der Waals surface area contributed by atoms with Crippen molar-refractivity contribution in [2.75, 3.05) is 24.3 Å². The second-order valence-corrected chi connectivity index (χ2v) is 8.11. The van der Waals surface area contributed by atoms with Crippen LogP contribution in [0.15, 0.2) is 52.2 Å². The zero-order valence-electron chi connectivity index (χ0n) is 17.7. The Morgan fingerprint density at radius 2 is 2.09 bits per heavy atom. The van der Waals surface area contributed by atoms with Crippen molar-refractivity contribution in [2.24, 2.45) is 0 Å². The van der Waals surface area contributed by atoms with E-state index in [1.165, 1.54) is 11.8 Å². The molecule has 0 saturated carbocycles. The Hall–Kier alpha value is -3.11. The third kappa shape index (κ3) is 5.38. The monoisotopic (exact) mass is 456 g/mol. The van der Waals surface area contributed by atoms with Gasteiger partial charge in [0.1, 0.15) is 0 Å². The summed E-state index contributed by atoms with van der Waals surface area (Å²) in [5.74, 6) is 0.807. The van der Waals surface area contributed by atoms with Crippen LogP contribution in [0.3, 0.4) is 0 Å². The third-order valence-corrected chi connectivity index (χ3v) is 5.85. The molecule has 1 fully saturated rings. The van der Waals surface area contributed by atoms with Gasteiger partial charge in [-0.25, -0.2) is 4.79 Å². The van der Waals surface area contributed by atoms with Gasteiger partial charge in [-0.1, -0.05) is 11.8 Å². The standard InChI is InChI=1S/C22H24N4O5S/c1-2-29-21(28)15-7-9-16(10-8-15)23-19(27)14-32-22-25-24-20(18-6-4-12-31-18)26(22)13-17-5-3-11-30-17/h4,6-10,12,17H,2-3,5,11,13-14H2,1H3,(H,23,27). The summed E-state index contributed by atoms with van der Waals surface area (Å²) >= 11 is 1.30. The molecular weight excluding hydrogens is 432 g/mol. The number of aromatic nitrogens is 3. The first kappa shape index (κ1) is 22.1. The first-order valence-corrected chi connectivity index (χ1v) is 11.4. The predicted octanol–water partition coefficient (Wildman–Crippen LogP) is 3.62. The van der Waals surface area contributed by atoms with E-state index in [-0.39, 0.29) is 23.7 Å². The Balaban J connectivity index is 1.39. The molecule has 1 aliphatic heterocycles. The molecule has 1 aromatic carbocycles. The van der Waals surface area contributed by atoms with Gasteiger partial charge < -0.3 is 19.2 Å². The zero-order valence-corrected chi connectivity index (χ0v) is 18.5. The number of anilines is 1. The quantitative estimate of drug-likeness (QED) is 0.384. The molecule has 3 heterocycles. The van der Waals surface area contributed by atoms with Crippen LogP contribution in [0.25, 0.3) is 11.6 Å². The topological polar surface area (TPSA) is 108 Å². The van der Waals surface area contributed by atoms with Crippen LogP contribution < -0.4 is 5.32 Å². The van der Waals surface area contributed by atoms with E-state index < -0.39 is 0 Å². The van der Waals surface area contributed by atoms with Crippen LogP contribution in [0, 0.1) is 0 Å². The Labute approximate surface area is 189 Å². The average Bonchev–Trinajstić information content (AvgIpc) is 3.56. The number of hydrogen-bond acceptors (Lipinski definition) is 8. The number of ether oxygens (including phenoxy) is 2. The van der Waals surface area contributed by atoms with Gasteiger partial charge in [0.2, 0.25) is 11.7 Å². The number of rotatable bonds is 9. The second kappa shape index (κ2) is 10.5. The molecule has 0 aliphatic carbocycles. The van der Waals surface area contributed by atoms with Gasteiger partial charge in [-0.05, 0) is 56.2 Å². The smallest absolute Gasteiger partial charge is 0.338 e. The largest absolute Gasteiger partial charge is 0.462 e. The summed E-state index contributed by atoms with van der Waals surface area (Å²) in [6.45, 7) is 3.42. The van der Waals surface area contributed by atoms with E-state index in [1.807, 2.05) is 10.6 Å². The van der Waals surface area contributed by atoms with Gasteiger partial charge >= 0.3 is 5.97 Å². The minimum Gasteiger partial charge on any atom is -0.462 e. The van der Waals surface area contributed by atoms with Gasteiger partial charge in [-0.2, -0.15) is 0 Å². The van der Waals surface area contributed by atoms with Crippen molar-refractivity contribution in [3.63, 3.8) is 0 Å². The van der Waals surface area contributed by atoms with Crippen LogP contribution in [-0.4, -0.2) is 51.7 Å². The van der Waals surface area contributed by atoms with Crippen LogP contribution in [-0.2, 0) is 20.8 Å². The summed E-state index contributed by atoms with van der Waals surface area (Å²) in [6.07, 6.45) is 3.68. The molecule has 10 heteroatoms. The minimum absolute atomic E-state index is 0.0887. The van der Waals surface area contributed by atoms with E-state index in [9.17, 15) is 9.59 Å². The van der Waals surface area contributed by atoms with Gasteiger partial charge in [0.15, 0.2) is 10.9 Å². The Morgan fingerprint density at radius 3 is 2.78 bits per heavy atom. The number of thioether (sulfide) groups is 1. The fraction of sp³-hybridized carbons (Fsp3) is 0.364. The van der Waals surface area contributed by atoms with Gasteiger partial charge in [-0.3, -0.25) is 9.36 Å². The summed E-state index contributed by atoms with van der Waals surface area (Å²) in [5, 5.41) is 12.0. The second-order valence-electron chi connectivity index (χ2n) is 7.16. The molecule has 1 N–H and O–H groups in total. The maximum absolute atomic E-state index is 12.5. The van der Waals surface area contributed by atoms with Crippen molar-refractivity contribution in [3.8, 4) is 11.6 Å². The Morgan fingerprint density at radius 1 is 1.25 bits per heavy atom. The van der Waals surface area contributed by atoms with Gasteiger partial charge in [0, 0.05) is 12.3 Å². The summed E-state index contributed by atoms with van der Waals surface area (Å²) in [5.41, 5.74) is 1.03. The number of benzene rings is 1. The summed E-state index contributed by atoms with van der Waals surface area (Å²) in [6, 6.07) is 10.2. The molecular formula is C22H24N4O5S. The first-order chi connectivity index (χ1) is 15.6. The molecule has 1 unspecified atom stereocenters. The fourth-order valence-corrected chi connectivity index (χ4v) is 4.12. The number of amides is 1. The molecule has 0 bridgehead atoms. The van der Waals surface area contributed by atoms with Crippen molar-refractivity contribution in [1.29, 1.82) is 0 Å². The SMILES string of the molecule is CCOC(=O)c1ccc(NC(=O)CSc2nnc(-c3ccco3)n2CC2CCCO2)cc1. The maximum Gasteiger partial charge on any atom is 0.338 e. The Bertz CT molecular complexity index is 1040. The van der Waals surface area contributed by atoms with Crippen molar-refractivity contribution >= 4 is 29.3 Å². The number of furan rings is 1. The van der Waals surface area contributed by atoms with Gasteiger partial charge in [-0.15, -0.1) is 10.2 Å². The lowest BCUT2D eigenvalue weighted by molar-refractivity contribution is -0.113. The molecule has 0 spiro atoms. The molecule has 1 aliphatic rings. The number of hydrogen-bond donors (Lipinski definition) is 1. The number of nitrogens with zero attached hydrogens (tertiary/aromatic N) is 3. The van der Waals surface area contributed by atoms with Crippen LogP contribution in [0.1, 0.15) is 30.1 Å². The zero-order chi connectivity index (χ0) is 22.3. The summed E-state index contributed by atoms with van der Waals surface area (Å²) in [7, 11) is 0. The van der Waals surface area contributed by atoms with Crippen molar-refractivity contribution < 1.29 is 23.5 Å². The first-order valence-electron chi connectivity index (χ1n) is 10.4. The van der Waals surface area contributed by atoms with Crippen LogP contribution in [0.5, 0.6) is 0 Å². The average molecular weight is 457 g/mol. The lowest BCUT2D eigenvalue weighted by Crippen LogP contribution is -2.18. The van der Waals surface area contributed by atoms with Crippen LogP contribution in [0.4, 0.5) is 5.69 Å². The van der Waals surface area contributed by atoms with E-state index in [0.717, 1.165) is 19.4 Å². The van der Waals surface area contributed by atoms with Crippen molar-refractivity contribution in [1.82, 2.24) is 14.8 Å². The lowest BCUT2D eigenvalue weighted by atomic mass is 10.2. The van der Waals surface area contributed by atoms with E-state index in [0.29, 0.717) is 41.1 Å². The normalized spacial score (nSPS) is 15.6. The number of carbonyl (C=O) groups excluding carboxylic acids is 2. The number of carbonyl (C=O) groups is 2. The molecule has 0 radical (unpaired) electrons. The predicted molar refractivity (Wildman–Crippen MR) is 118 cm³/mol. The van der Waals surface area contributed by atoms with Crippen LogP contribution in [0.2, 0.25) is 0 Å². The highest BCUT2D eigenvalue weighted by Crippen LogP contribution is 2.27. The highest BCUT2D eigenvalue weighted by Gasteiger charge is 2.23. The Kier molecular flexibility index (Phi) is 7.23. The molecule has 1 atom stereocenters. The van der Waals surface area contributed by atoms with Crippen molar-refractivity contribution in [2.45, 2.75) is 37.6 Å². The molecule has 9 nitrogen and oxygen atoms in total. The highest BCUT2D eigenvalue weighted by atomic mass is 32.2. The van der Waals surface area contributed by atoms with E-state index in [2.05, 4.69) is 15.5 Å². The molecule has 3 aromatic rings. The van der Waals surface area contributed by atoms with Gasteiger partial charge in [0.05, 0.1) is 36.8 Å². The molecule has 4 rings (SSSR count). The summed E-state index contributed by atoms with van der Waals surface area (Å²) in [4.78, 5) is 24.2. The number of esters is 1. The summed E-state index contributed by atoms with van der Waals surface area (Å²) < 4.78 is 18.2. The molecule has 1 amide bonds. The molecule has 32 heavy (non-hydrogen) atoms. The van der Waals surface area contributed by atoms with Crippen molar-refractivity contribution in [3.05, 3.63) is 48.2 Å². The van der Waals surface area contributed by atoms with Crippen LogP contribution >= 0.6 is 11.8 Å². The number of nitrogens with one attached hydrogen (secondary N) is 1. The molecule has 168 valence electrons. The fourth-order valence-electron chi connectivity index (χ4n) is 3.37. The highest BCUT2D eigenvalue weighted by molar-refractivity contribution is 7.99. The van der Waals surface area contributed by atoms with Gasteiger partial charge in [0.25, 0.3) is 0 Å². The molecule has 2 aromatic heterocycles. The van der Waals surface area contributed by atoms with E-state index >= 15 is 0 Å². The third-order valence-electron chi connectivity index (χ3n) is 4.88. The van der Waals surface area contributed by atoms with E-state index in [4.69, 9.17) is 13.9 Å². The maximum atomic E-state index is 12.5. The van der Waals surface area contributed by atoms with E-state index in [1.54, 1.807) is 43.5 Å². The lowest BCUT2D eigenvalue weighted by Gasteiger charge is -2.14.